The number of amides is 1. The smallest absolute Gasteiger partial charge is 0.305 e. The fourth-order valence-electron chi connectivity index (χ4n) is 2.72. The average molecular weight is 399 g/mol. The Morgan fingerprint density at radius 2 is 2.11 bits per heavy atom. The van der Waals surface area contributed by atoms with Crippen molar-refractivity contribution < 1.29 is 23.9 Å². The van der Waals surface area contributed by atoms with Crippen molar-refractivity contribution in [2.75, 3.05) is 13.7 Å². The Morgan fingerprint density at radius 3 is 2.78 bits per heavy atom. The van der Waals surface area contributed by atoms with Crippen molar-refractivity contribution in [3.63, 3.8) is 0 Å². The number of unbranched alkanes of at least 4 members (excludes halogenated alkanes) is 1. The average Bonchev–Trinajstić information content (AvgIpc) is 3.11. The number of benzene rings is 1. The van der Waals surface area contributed by atoms with Crippen molar-refractivity contribution in [2.45, 2.75) is 57.4 Å². The van der Waals surface area contributed by atoms with Crippen molar-refractivity contribution in [2.24, 2.45) is 0 Å². The van der Waals surface area contributed by atoms with E-state index in [0.29, 0.717) is 31.0 Å². The monoisotopic (exact) mass is 398 g/mol. The SMILES string of the molecule is CCCCOC(=O)CC[C@H]1C[C@](OC)(C(=O)NCc2ccc(Cl)cc2)ON1. The second-order valence-corrected chi connectivity index (χ2v) is 6.94. The quantitative estimate of drug-likeness (QED) is 0.465. The van der Waals surface area contributed by atoms with Gasteiger partial charge in [-0.25, -0.2) is 0 Å². The number of nitrogens with one attached hydrogen (secondary N) is 2. The van der Waals surface area contributed by atoms with Crippen molar-refractivity contribution >= 4 is 23.5 Å². The highest BCUT2D eigenvalue weighted by atomic mass is 35.5. The Balaban J connectivity index is 1.79. The molecule has 1 heterocycles. The highest BCUT2D eigenvalue weighted by molar-refractivity contribution is 6.30. The van der Waals surface area contributed by atoms with Gasteiger partial charge in [0.1, 0.15) is 0 Å². The van der Waals surface area contributed by atoms with Gasteiger partial charge in [-0.2, -0.15) is 5.48 Å². The van der Waals surface area contributed by atoms with Crippen LogP contribution in [-0.2, 0) is 30.4 Å². The maximum absolute atomic E-state index is 12.6. The van der Waals surface area contributed by atoms with Crippen LogP contribution in [0.25, 0.3) is 0 Å². The fourth-order valence-corrected chi connectivity index (χ4v) is 2.84. The Hall–Kier alpha value is -1.67. The van der Waals surface area contributed by atoms with E-state index in [2.05, 4.69) is 10.8 Å². The first-order valence-corrected chi connectivity index (χ1v) is 9.54. The molecule has 1 aromatic carbocycles. The molecule has 0 spiro atoms. The summed E-state index contributed by atoms with van der Waals surface area (Å²) in [4.78, 5) is 29.7. The summed E-state index contributed by atoms with van der Waals surface area (Å²) in [7, 11) is 1.42. The van der Waals surface area contributed by atoms with Crippen LogP contribution in [0.1, 0.15) is 44.6 Å². The Labute approximate surface area is 164 Å². The summed E-state index contributed by atoms with van der Waals surface area (Å²) in [5, 5.41) is 3.45. The lowest BCUT2D eigenvalue weighted by Gasteiger charge is -2.24. The topological polar surface area (TPSA) is 85.9 Å². The van der Waals surface area contributed by atoms with E-state index in [1.807, 2.05) is 19.1 Å². The van der Waals surface area contributed by atoms with E-state index < -0.39 is 5.79 Å². The van der Waals surface area contributed by atoms with E-state index in [0.717, 1.165) is 18.4 Å². The molecule has 1 aliphatic heterocycles. The summed E-state index contributed by atoms with van der Waals surface area (Å²) in [6.07, 6.45) is 2.90. The molecule has 0 aliphatic carbocycles. The van der Waals surface area contributed by atoms with Crippen LogP contribution in [0, 0.1) is 0 Å². The lowest BCUT2D eigenvalue weighted by atomic mass is 10.0. The first kappa shape index (κ1) is 21.6. The van der Waals surface area contributed by atoms with Crippen LogP contribution >= 0.6 is 11.6 Å². The van der Waals surface area contributed by atoms with Gasteiger partial charge in [0.15, 0.2) is 0 Å². The Kier molecular flexibility index (Phi) is 8.50. The van der Waals surface area contributed by atoms with E-state index in [1.54, 1.807) is 12.1 Å². The van der Waals surface area contributed by atoms with Crippen molar-refractivity contribution in [1.82, 2.24) is 10.8 Å². The molecule has 1 aliphatic rings. The number of halogens is 1. The van der Waals surface area contributed by atoms with Crippen LogP contribution in [0.4, 0.5) is 0 Å². The Bertz CT molecular complexity index is 625. The highest BCUT2D eigenvalue weighted by Gasteiger charge is 2.47. The number of ether oxygens (including phenoxy) is 2. The number of carbonyl (C=O) groups is 2. The minimum Gasteiger partial charge on any atom is -0.466 e. The Morgan fingerprint density at radius 1 is 1.37 bits per heavy atom. The first-order chi connectivity index (χ1) is 13.0. The van der Waals surface area contributed by atoms with Gasteiger partial charge >= 0.3 is 5.97 Å². The third-order valence-corrected chi connectivity index (χ3v) is 4.66. The van der Waals surface area contributed by atoms with Gasteiger partial charge in [0.2, 0.25) is 0 Å². The van der Waals surface area contributed by atoms with E-state index in [4.69, 9.17) is 25.9 Å². The minimum absolute atomic E-state index is 0.176. The normalized spacial score (nSPS) is 21.8. The lowest BCUT2D eigenvalue weighted by Crippen LogP contribution is -2.48. The zero-order valence-corrected chi connectivity index (χ0v) is 16.5. The van der Waals surface area contributed by atoms with Crippen LogP contribution in [0.2, 0.25) is 5.02 Å². The van der Waals surface area contributed by atoms with Gasteiger partial charge in [-0.05, 0) is 30.5 Å². The first-order valence-electron chi connectivity index (χ1n) is 9.16. The molecule has 1 aromatic rings. The second-order valence-electron chi connectivity index (χ2n) is 6.50. The molecule has 1 fully saturated rings. The summed E-state index contributed by atoms with van der Waals surface area (Å²) in [6.45, 7) is 2.81. The number of hydrogen-bond donors (Lipinski definition) is 2. The van der Waals surface area contributed by atoms with Crippen molar-refractivity contribution in [1.29, 1.82) is 0 Å². The molecule has 27 heavy (non-hydrogen) atoms. The molecular formula is C19H27ClN2O5. The van der Waals surface area contributed by atoms with Crippen molar-refractivity contribution in [3.8, 4) is 0 Å². The van der Waals surface area contributed by atoms with Gasteiger partial charge < -0.3 is 14.8 Å². The molecule has 0 aromatic heterocycles. The van der Waals surface area contributed by atoms with E-state index in [-0.39, 0.29) is 24.3 Å². The zero-order valence-electron chi connectivity index (χ0n) is 15.8. The largest absolute Gasteiger partial charge is 0.466 e. The lowest BCUT2D eigenvalue weighted by molar-refractivity contribution is -0.218. The third-order valence-electron chi connectivity index (χ3n) is 4.41. The van der Waals surface area contributed by atoms with Crippen LogP contribution in [-0.4, -0.2) is 37.4 Å². The van der Waals surface area contributed by atoms with Crippen LogP contribution in [0.3, 0.4) is 0 Å². The van der Waals surface area contributed by atoms with Gasteiger partial charge in [0.05, 0.1) is 6.61 Å². The predicted octanol–water partition coefficient (Wildman–Crippen LogP) is 2.72. The van der Waals surface area contributed by atoms with Crippen LogP contribution in [0.15, 0.2) is 24.3 Å². The summed E-state index contributed by atoms with van der Waals surface area (Å²) in [5.74, 6) is -2.03. The molecule has 1 amide bonds. The summed E-state index contributed by atoms with van der Waals surface area (Å²) < 4.78 is 10.5. The molecule has 0 radical (unpaired) electrons. The number of esters is 1. The number of hydrogen-bond acceptors (Lipinski definition) is 6. The molecule has 2 rings (SSSR count). The number of carbonyl (C=O) groups excluding carboxylic acids is 2. The highest BCUT2D eigenvalue weighted by Crippen LogP contribution is 2.27. The van der Waals surface area contributed by atoms with E-state index in [1.165, 1.54) is 7.11 Å². The molecule has 0 unspecified atom stereocenters. The van der Waals surface area contributed by atoms with Gasteiger partial charge in [-0.3, -0.25) is 14.4 Å². The van der Waals surface area contributed by atoms with Gasteiger partial charge in [-0.15, -0.1) is 0 Å². The number of rotatable bonds is 10. The molecule has 0 bridgehead atoms. The molecule has 2 atom stereocenters. The molecule has 7 nitrogen and oxygen atoms in total. The van der Waals surface area contributed by atoms with Crippen molar-refractivity contribution in [3.05, 3.63) is 34.9 Å². The van der Waals surface area contributed by atoms with Gasteiger partial charge in [0, 0.05) is 37.6 Å². The van der Waals surface area contributed by atoms with Crippen LogP contribution < -0.4 is 10.8 Å². The fraction of sp³-hybridized carbons (Fsp3) is 0.579. The molecule has 2 N–H and O–H groups in total. The third kappa shape index (κ3) is 6.46. The summed E-state index contributed by atoms with van der Waals surface area (Å²) in [6, 6.07) is 7.02. The standard InChI is InChI=1S/C19H27ClN2O5/c1-3-4-11-26-17(23)10-9-16-12-19(25-2,27-22-16)18(24)21-13-14-5-7-15(20)8-6-14/h5-8,16,22H,3-4,9-13H2,1-2H3,(H,21,24)/t16-,19+/m0/s1. The summed E-state index contributed by atoms with van der Waals surface area (Å²) >= 11 is 5.86. The van der Waals surface area contributed by atoms with Gasteiger partial charge in [0.25, 0.3) is 11.7 Å². The van der Waals surface area contributed by atoms with Gasteiger partial charge in [-0.1, -0.05) is 37.1 Å². The predicted molar refractivity (Wildman–Crippen MR) is 101 cm³/mol. The zero-order chi connectivity index (χ0) is 19.7. The molecule has 0 saturated carbocycles. The molecule has 8 heteroatoms. The maximum Gasteiger partial charge on any atom is 0.305 e. The number of methoxy groups -OCH3 is 1. The van der Waals surface area contributed by atoms with E-state index >= 15 is 0 Å². The minimum atomic E-state index is -1.41. The molecule has 1 saturated heterocycles. The van der Waals surface area contributed by atoms with Crippen LogP contribution in [0.5, 0.6) is 0 Å². The maximum atomic E-state index is 12.6. The molecular weight excluding hydrogens is 372 g/mol. The number of hydroxylamine groups is 1. The van der Waals surface area contributed by atoms with E-state index in [9.17, 15) is 9.59 Å². The molecule has 150 valence electrons. The second kappa shape index (κ2) is 10.6. The summed E-state index contributed by atoms with van der Waals surface area (Å²) in [5.41, 5.74) is 3.71.